The van der Waals surface area contributed by atoms with Crippen LogP contribution in [0.5, 0.6) is 0 Å². The normalized spacial score (nSPS) is 18.8. The number of pyridine rings is 1. The summed E-state index contributed by atoms with van der Waals surface area (Å²) in [6.07, 6.45) is -2.34. The van der Waals surface area contributed by atoms with E-state index in [0.29, 0.717) is 29.7 Å². The van der Waals surface area contributed by atoms with E-state index < -0.39 is 35.0 Å². The molecule has 5 nitrogen and oxygen atoms in total. The lowest BCUT2D eigenvalue weighted by Gasteiger charge is -2.32. The number of rotatable bonds is 3. The average Bonchev–Trinajstić information content (AvgIpc) is 3.23. The Balaban J connectivity index is 1.69. The quantitative estimate of drug-likeness (QED) is 0.541. The van der Waals surface area contributed by atoms with Crippen LogP contribution in [-0.4, -0.2) is 34.3 Å². The van der Waals surface area contributed by atoms with Crippen molar-refractivity contribution in [3.8, 4) is 0 Å². The first-order valence-corrected chi connectivity index (χ1v) is 11.1. The van der Waals surface area contributed by atoms with E-state index in [2.05, 4.69) is 10.3 Å². The molecule has 1 aliphatic rings. The zero-order chi connectivity index (χ0) is 24.7. The third-order valence-electron chi connectivity index (χ3n) is 6.13. The molecule has 34 heavy (non-hydrogen) atoms. The molecule has 4 rings (SSSR count). The van der Waals surface area contributed by atoms with Crippen LogP contribution in [-0.2, 0) is 15.8 Å². The minimum atomic E-state index is -4.44. The third kappa shape index (κ3) is 4.62. The molecule has 2 atom stereocenters. The van der Waals surface area contributed by atoms with Crippen molar-refractivity contribution in [1.29, 1.82) is 0 Å². The molecule has 178 valence electrons. The molecule has 2 amide bonds. The summed E-state index contributed by atoms with van der Waals surface area (Å²) in [6, 6.07) is 13.1. The number of para-hydroxylation sites is 1. The Kier molecular flexibility index (Phi) is 6.10. The maximum atomic E-state index is 13.6. The predicted molar refractivity (Wildman–Crippen MR) is 124 cm³/mol. The van der Waals surface area contributed by atoms with Crippen LogP contribution in [0.4, 0.5) is 18.9 Å². The fourth-order valence-electron chi connectivity index (χ4n) is 4.46. The van der Waals surface area contributed by atoms with Gasteiger partial charge in [0.05, 0.1) is 16.8 Å². The number of nitrogens with zero attached hydrogens (tertiary/aromatic N) is 2. The number of hydrogen-bond donors (Lipinski definition) is 1. The van der Waals surface area contributed by atoms with Crippen molar-refractivity contribution in [2.75, 3.05) is 11.9 Å². The van der Waals surface area contributed by atoms with Gasteiger partial charge >= 0.3 is 6.18 Å². The van der Waals surface area contributed by atoms with Gasteiger partial charge in [-0.1, -0.05) is 51.1 Å². The average molecular weight is 470 g/mol. The summed E-state index contributed by atoms with van der Waals surface area (Å²) in [6.45, 7) is 5.69. The van der Waals surface area contributed by atoms with Gasteiger partial charge < -0.3 is 10.2 Å². The molecule has 8 heteroatoms. The molecule has 2 aromatic carbocycles. The van der Waals surface area contributed by atoms with Gasteiger partial charge in [-0.3, -0.25) is 14.6 Å². The van der Waals surface area contributed by atoms with Crippen LogP contribution in [0.1, 0.15) is 44.2 Å². The number of likely N-dealkylation sites (tertiary alicyclic amines) is 1. The smallest absolute Gasteiger partial charge is 0.330 e. The first-order valence-electron chi connectivity index (χ1n) is 11.1. The Morgan fingerprint density at radius 1 is 1.00 bits per heavy atom. The highest BCUT2D eigenvalue weighted by Crippen LogP contribution is 2.38. The highest BCUT2D eigenvalue weighted by molar-refractivity contribution is 6.04. The van der Waals surface area contributed by atoms with Gasteiger partial charge in [0.15, 0.2) is 0 Å². The van der Waals surface area contributed by atoms with Gasteiger partial charge in [0.25, 0.3) is 0 Å². The lowest BCUT2D eigenvalue weighted by Crippen LogP contribution is -2.49. The summed E-state index contributed by atoms with van der Waals surface area (Å²) >= 11 is 0. The highest BCUT2D eigenvalue weighted by atomic mass is 19.4. The number of carbonyl (C=O) groups excluding carboxylic acids is 2. The summed E-state index contributed by atoms with van der Waals surface area (Å²) in [5.41, 5.74) is 0.266. The Bertz CT molecular complexity index is 1210. The molecule has 2 heterocycles. The van der Waals surface area contributed by atoms with Crippen molar-refractivity contribution in [1.82, 2.24) is 9.88 Å². The van der Waals surface area contributed by atoms with Crippen molar-refractivity contribution in [2.45, 2.75) is 45.3 Å². The van der Waals surface area contributed by atoms with Crippen molar-refractivity contribution < 1.29 is 22.8 Å². The lowest BCUT2D eigenvalue weighted by molar-refractivity contribution is -0.143. The van der Waals surface area contributed by atoms with Crippen molar-refractivity contribution >= 4 is 28.4 Å². The van der Waals surface area contributed by atoms with Gasteiger partial charge in [0.2, 0.25) is 11.8 Å². The largest absolute Gasteiger partial charge is 0.416 e. The first-order chi connectivity index (χ1) is 16.0. The molecule has 0 spiro atoms. The molecular weight excluding hydrogens is 443 g/mol. The van der Waals surface area contributed by atoms with Gasteiger partial charge in [0, 0.05) is 29.5 Å². The molecule has 1 saturated heterocycles. The standard InChI is InChI=1S/C26H26F3N3O2/c1-25(2,3)24(34)32-15-13-19(16-9-11-18(12-10-16)26(27,28)29)22(32)23(33)31-20-8-4-6-17-7-5-14-30-21(17)20/h4-12,14,19,22H,13,15H2,1-3H3,(H,31,33)/t19-,22-/m0/s1. The van der Waals surface area contributed by atoms with E-state index in [4.69, 9.17) is 0 Å². The molecule has 1 aromatic heterocycles. The van der Waals surface area contributed by atoms with Crippen molar-refractivity contribution in [2.24, 2.45) is 5.41 Å². The molecular formula is C26H26F3N3O2. The highest BCUT2D eigenvalue weighted by Gasteiger charge is 2.45. The van der Waals surface area contributed by atoms with E-state index in [1.54, 1.807) is 50.1 Å². The van der Waals surface area contributed by atoms with E-state index in [1.807, 2.05) is 12.1 Å². The minimum absolute atomic E-state index is 0.182. The Morgan fingerprint density at radius 3 is 2.32 bits per heavy atom. The van der Waals surface area contributed by atoms with E-state index in [0.717, 1.165) is 17.5 Å². The second kappa shape index (κ2) is 8.74. The van der Waals surface area contributed by atoms with Gasteiger partial charge in [-0.15, -0.1) is 0 Å². The van der Waals surface area contributed by atoms with Gasteiger partial charge in [0.1, 0.15) is 6.04 Å². The Morgan fingerprint density at radius 2 is 1.68 bits per heavy atom. The van der Waals surface area contributed by atoms with E-state index >= 15 is 0 Å². The van der Waals surface area contributed by atoms with Crippen LogP contribution >= 0.6 is 0 Å². The SMILES string of the molecule is CC(C)(C)C(=O)N1CC[C@@H](c2ccc(C(F)(F)F)cc2)[C@H]1C(=O)Nc1cccc2cccnc12. The Labute approximate surface area is 196 Å². The second-order valence-corrected chi connectivity index (χ2v) is 9.58. The summed E-state index contributed by atoms with van der Waals surface area (Å²) in [7, 11) is 0. The van der Waals surface area contributed by atoms with E-state index in [-0.39, 0.29) is 5.91 Å². The van der Waals surface area contributed by atoms with Crippen LogP contribution in [0.25, 0.3) is 10.9 Å². The van der Waals surface area contributed by atoms with E-state index in [9.17, 15) is 22.8 Å². The zero-order valence-electron chi connectivity index (χ0n) is 19.2. The number of anilines is 1. The molecule has 0 saturated carbocycles. The van der Waals surface area contributed by atoms with Crippen LogP contribution in [0.3, 0.4) is 0 Å². The van der Waals surface area contributed by atoms with Crippen LogP contribution < -0.4 is 5.32 Å². The van der Waals surface area contributed by atoms with Gasteiger partial charge in [-0.25, -0.2) is 0 Å². The third-order valence-corrected chi connectivity index (χ3v) is 6.13. The number of aromatic nitrogens is 1. The fraction of sp³-hybridized carbons (Fsp3) is 0.346. The molecule has 1 aliphatic heterocycles. The topological polar surface area (TPSA) is 62.3 Å². The lowest BCUT2D eigenvalue weighted by atomic mass is 9.89. The molecule has 0 bridgehead atoms. The summed E-state index contributed by atoms with van der Waals surface area (Å²) in [5, 5.41) is 3.78. The fourth-order valence-corrected chi connectivity index (χ4v) is 4.46. The van der Waals surface area contributed by atoms with Crippen LogP contribution in [0, 0.1) is 5.41 Å². The van der Waals surface area contributed by atoms with E-state index in [1.165, 1.54) is 12.1 Å². The van der Waals surface area contributed by atoms with Gasteiger partial charge in [-0.05, 0) is 36.2 Å². The molecule has 0 unspecified atom stereocenters. The number of nitrogens with one attached hydrogen (secondary N) is 1. The molecule has 1 fully saturated rings. The Hall–Kier alpha value is -3.42. The number of carbonyl (C=O) groups is 2. The molecule has 0 radical (unpaired) electrons. The molecule has 0 aliphatic carbocycles. The summed E-state index contributed by atoms with van der Waals surface area (Å²) < 4.78 is 39.1. The predicted octanol–water partition coefficient (Wildman–Crippen LogP) is 5.62. The maximum absolute atomic E-state index is 13.6. The number of benzene rings is 2. The summed E-state index contributed by atoms with van der Waals surface area (Å²) in [5.74, 6) is -1.01. The second-order valence-electron chi connectivity index (χ2n) is 9.58. The minimum Gasteiger partial charge on any atom is -0.330 e. The van der Waals surface area contributed by atoms with Crippen molar-refractivity contribution in [3.05, 3.63) is 71.9 Å². The number of halogens is 3. The molecule has 3 aromatic rings. The summed E-state index contributed by atoms with van der Waals surface area (Å²) in [4.78, 5) is 32.7. The van der Waals surface area contributed by atoms with Crippen LogP contribution in [0.2, 0.25) is 0 Å². The zero-order valence-corrected chi connectivity index (χ0v) is 19.2. The number of fused-ring (bicyclic) bond motifs is 1. The van der Waals surface area contributed by atoms with Gasteiger partial charge in [-0.2, -0.15) is 13.2 Å². The maximum Gasteiger partial charge on any atom is 0.416 e. The number of hydrogen-bond acceptors (Lipinski definition) is 3. The monoisotopic (exact) mass is 469 g/mol. The van der Waals surface area contributed by atoms with Crippen LogP contribution in [0.15, 0.2) is 60.8 Å². The number of amides is 2. The number of alkyl halides is 3. The molecule has 1 N–H and O–H groups in total. The first kappa shape index (κ1) is 23.7. The van der Waals surface area contributed by atoms with Crippen molar-refractivity contribution in [3.63, 3.8) is 0 Å².